The van der Waals surface area contributed by atoms with Crippen LogP contribution in [0.4, 0.5) is 0 Å². The second-order valence-corrected chi connectivity index (χ2v) is 6.03. The van der Waals surface area contributed by atoms with E-state index in [4.69, 9.17) is 5.14 Å². The fraction of sp³-hybridized carbons (Fsp3) is 0.308. The quantitative estimate of drug-likeness (QED) is 0.826. The zero-order valence-corrected chi connectivity index (χ0v) is 12.1. The Bertz CT molecular complexity index is 679. The van der Waals surface area contributed by atoms with E-state index < -0.39 is 10.0 Å². The zero-order chi connectivity index (χ0) is 14.6. The second kappa shape index (κ2) is 6.17. The summed E-state index contributed by atoms with van der Waals surface area (Å²) in [6.07, 6.45) is 3.61. The van der Waals surface area contributed by atoms with Crippen molar-refractivity contribution in [3.63, 3.8) is 0 Å². The molecule has 1 aromatic heterocycles. The number of primary sulfonamides is 1. The van der Waals surface area contributed by atoms with Gasteiger partial charge in [0.2, 0.25) is 10.0 Å². The number of nitrogens with zero attached hydrogens (tertiary/aromatic N) is 2. The van der Waals surface area contributed by atoms with Crippen LogP contribution in [0.25, 0.3) is 0 Å². The van der Waals surface area contributed by atoms with Gasteiger partial charge in [0.25, 0.3) is 0 Å². The van der Waals surface area contributed by atoms with Crippen LogP contribution in [0.1, 0.15) is 18.2 Å². The van der Waals surface area contributed by atoms with Gasteiger partial charge in [-0.15, -0.1) is 0 Å². The number of sulfonamides is 1. The van der Waals surface area contributed by atoms with Gasteiger partial charge in [-0.25, -0.2) is 18.5 Å². The fourth-order valence-corrected chi connectivity index (χ4v) is 2.53. The van der Waals surface area contributed by atoms with E-state index in [0.29, 0.717) is 13.1 Å². The molecule has 0 bridgehead atoms. The van der Waals surface area contributed by atoms with Gasteiger partial charge in [-0.3, -0.25) is 0 Å². The molecule has 0 saturated heterocycles. The number of benzene rings is 1. The van der Waals surface area contributed by atoms with Crippen LogP contribution in [0.5, 0.6) is 0 Å². The highest BCUT2D eigenvalue weighted by atomic mass is 32.2. The van der Waals surface area contributed by atoms with Gasteiger partial charge in [-0.1, -0.05) is 12.1 Å². The molecular weight excluding hydrogens is 276 g/mol. The largest absolute Gasteiger partial charge is 0.334 e. The summed E-state index contributed by atoms with van der Waals surface area (Å²) in [5.74, 6) is 0. The predicted molar refractivity (Wildman–Crippen MR) is 76.3 cm³/mol. The van der Waals surface area contributed by atoms with E-state index in [1.165, 1.54) is 6.07 Å². The lowest BCUT2D eigenvalue weighted by atomic mass is 10.2. The number of nitrogens with two attached hydrogens (primary N) is 1. The Hall–Kier alpha value is -1.70. The molecule has 0 atom stereocenters. The molecule has 0 aliphatic heterocycles. The molecular formula is C13H18N4O2S. The molecule has 108 valence electrons. The molecule has 6 nitrogen and oxygen atoms in total. The smallest absolute Gasteiger partial charge is 0.238 e. The van der Waals surface area contributed by atoms with Gasteiger partial charge in [0.05, 0.1) is 16.9 Å². The number of hydrogen-bond donors (Lipinski definition) is 2. The highest BCUT2D eigenvalue weighted by molar-refractivity contribution is 7.89. The fourth-order valence-electron chi connectivity index (χ4n) is 1.95. The molecule has 0 fully saturated rings. The predicted octanol–water partition coefficient (Wildman–Crippen LogP) is 0.840. The minimum Gasteiger partial charge on any atom is -0.334 e. The van der Waals surface area contributed by atoms with Gasteiger partial charge < -0.3 is 9.88 Å². The Morgan fingerprint density at radius 1 is 1.35 bits per heavy atom. The van der Waals surface area contributed by atoms with Crippen LogP contribution in [-0.2, 0) is 29.7 Å². The molecule has 0 aliphatic rings. The summed E-state index contributed by atoms with van der Waals surface area (Å²) in [4.78, 5) is 4.23. The molecule has 20 heavy (non-hydrogen) atoms. The molecule has 2 aromatic rings. The Morgan fingerprint density at radius 3 is 2.85 bits per heavy atom. The minimum absolute atomic E-state index is 0.135. The van der Waals surface area contributed by atoms with E-state index in [0.717, 1.165) is 17.8 Å². The van der Waals surface area contributed by atoms with Crippen molar-refractivity contribution in [2.45, 2.75) is 31.5 Å². The van der Waals surface area contributed by atoms with Gasteiger partial charge in [0, 0.05) is 25.8 Å². The van der Waals surface area contributed by atoms with E-state index in [1.54, 1.807) is 18.5 Å². The summed E-state index contributed by atoms with van der Waals surface area (Å²) >= 11 is 0. The van der Waals surface area contributed by atoms with Gasteiger partial charge >= 0.3 is 0 Å². The van der Waals surface area contributed by atoms with E-state index in [2.05, 4.69) is 17.2 Å². The lowest BCUT2D eigenvalue weighted by Crippen LogP contribution is -2.16. The topological polar surface area (TPSA) is 90.0 Å². The van der Waals surface area contributed by atoms with E-state index in [1.807, 2.05) is 16.8 Å². The number of hydrogen-bond acceptors (Lipinski definition) is 4. The Kier molecular flexibility index (Phi) is 4.53. The second-order valence-electron chi connectivity index (χ2n) is 4.47. The van der Waals surface area contributed by atoms with E-state index >= 15 is 0 Å². The van der Waals surface area contributed by atoms with Crippen LogP contribution in [0.2, 0.25) is 0 Å². The molecule has 0 radical (unpaired) electrons. The van der Waals surface area contributed by atoms with Crippen molar-refractivity contribution in [1.29, 1.82) is 0 Å². The lowest BCUT2D eigenvalue weighted by Gasteiger charge is -2.08. The summed E-state index contributed by atoms with van der Waals surface area (Å²) in [6, 6.07) is 6.62. The lowest BCUT2D eigenvalue weighted by molar-refractivity contribution is 0.597. The average Bonchev–Trinajstić information content (AvgIpc) is 2.86. The Labute approximate surface area is 118 Å². The number of imidazole rings is 1. The highest BCUT2D eigenvalue weighted by Crippen LogP contribution is 2.09. The molecule has 0 spiro atoms. The van der Waals surface area contributed by atoms with Crippen molar-refractivity contribution < 1.29 is 8.42 Å². The first-order valence-corrected chi connectivity index (χ1v) is 7.87. The summed E-state index contributed by atoms with van der Waals surface area (Å²) in [6.45, 7) is 4.17. The molecule has 0 amide bonds. The molecule has 3 N–H and O–H groups in total. The van der Waals surface area contributed by atoms with E-state index in [9.17, 15) is 8.42 Å². The molecule has 7 heteroatoms. The van der Waals surface area contributed by atoms with Crippen LogP contribution < -0.4 is 10.5 Å². The molecule has 0 unspecified atom stereocenters. The number of rotatable bonds is 6. The molecule has 1 heterocycles. The molecule has 0 aliphatic carbocycles. The van der Waals surface area contributed by atoms with Gasteiger partial charge in [-0.2, -0.15) is 0 Å². The standard InChI is InChI=1S/C13H18N4O2S/c1-2-17-10-16-9-12(17)8-15-7-11-4-3-5-13(6-11)20(14,18)19/h3-6,9-10,15H,2,7-8H2,1H3,(H2,14,18,19). The summed E-state index contributed by atoms with van der Waals surface area (Å²) in [5.41, 5.74) is 1.97. The number of nitrogens with one attached hydrogen (secondary N) is 1. The van der Waals surface area contributed by atoms with Crippen molar-refractivity contribution in [2.75, 3.05) is 0 Å². The molecule has 2 rings (SSSR count). The van der Waals surface area contributed by atoms with Crippen molar-refractivity contribution in [1.82, 2.24) is 14.9 Å². The Balaban J connectivity index is 1.98. The third-order valence-electron chi connectivity index (χ3n) is 3.00. The van der Waals surface area contributed by atoms with E-state index in [-0.39, 0.29) is 4.90 Å². The monoisotopic (exact) mass is 294 g/mol. The Morgan fingerprint density at radius 2 is 2.15 bits per heavy atom. The number of aryl methyl sites for hydroxylation is 1. The average molecular weight is 294 g/mol. The normalized spacial score (nSPS) is 11.7. The first-order chi connectivity index (χ1) is 9.50. The van der Waals surface area contributed by atoms with Crippen LogP contribution >= 0.6 is 0 Å². The number of aromatic nitrogens is 2. The maximum Gasteiger partial charge on any atom is 0.238 e. The molecule has 0 saturated carbocycles. The van der Waals surface area contributed by atoms with Gasteiger partial charge in [0.1, 0.15) is 0 Å². The summed E-state index contributed by atoms with van der Waals surface area (Å²) in [7, 11) is -3.65. The van der Waals surface area contributed by atoms with Crippen LogP contribution in [-0.4, -0.2) is 18.0 Å². The van der Waals surface area contributed by atoms with Crippen LogP contribution in [0.3, 0.4) is 0 Å². The first-order valence-electron chi connectivity index (χ1n) is 6.32. The molecule has 1 aromatic carbocycles. The SMILES string of the molecule is CCn1cncc1CNCc1cccc(S(N)(=O)=O)c1. The van der Waals surface area contributed by atoms with Gasteiger partial charge in [0.15, 0.2) is 0 Å². The third kappa shape index (κ3) is 3.66. The summed E-state index contributed by atoms with van der Waals surface area (Å²) in [5, 5.41) is 8.37. The van der Waals surface area contributed by atoms with Crippen LogP contribution in [0.15, 0.2) is 41.7 Å². The summed E-state index contributed by atoms with van der Waals surface area (Å²) < 4.78 is 24.6. The van der Waals surface area contributed by atoms with Crippen molar-refractivity contribution >= 4 is 10.0 Å². The van der Waals surface area contributed by atoms with Crippen molar-refractivity contribution in [3.05, 3.63) is 48.0 Å². The maximum absolute atomic E-state index is 11.3. The third-order valence-corrected chi connectivity index (χ3v) is 3.91. The zero-order valence-electron chi connectivity index (χ0n) is 11.3. The highest BCUT2D eigenvalue weighted by Gasteiger charge is 2.07. The minimum atomic E-state index is -3.65. The van der Waals surface area contributed by atoms with Gasteiger partial charge in [-0.05, 0) is 24.6 Å². The first kappa shape index (κ1) is 14.7. The van der Waals surface area contributed by atoms with Crippen LogP contribution in [0, 0.1) is 0 Å². The van der Waals surface area contributed by atoms with Crippen molar-refractivity contribution in [2.24, 2.45) is 5.14 Å². The maximum atomic E-state index is 11.3. The van der Waals surface area contributed by atoms with Crippen molar-refractivity contribution in [3.8, 4) is 0 Å².